The fraction of sp³-hybridized carbons (Fsp3) is 0.444. The van der Waals surface area contributed by atoms with E-state index in [4.69, 9.17) is 5.11 Å². The Bertz CT molecular complexity index is 754. The second-order valence-corrected chi connectivity index (χ2v) is 6.55. The van der Waals surface area contributed by atoms with Crippen molar-refractivity contribution in [2.75, 3.05) is 0 Å². The van der Waals surface area contributed by atoms with E-state index in [1.165, 1.54) is 0 Å². The number of aromatic nitrogens is 2. The number of hydrogen-bond donors (Lipinski definition) is 6. The Morgan fingerprint density at radius 2 is 1.11 bits per heavy atom. The SMILES string of the molecule is O=C(O)CCCCCCCC(C(=O)O)(n1c(O)ccc1O)n1c(O)ccc1O. The van der Waals surface area contributed by atoms with Crippen molar-refractivity contribution in [3.63, 3.8) is 0 Å². The number of carboxylic acid groups (broad SMARTS) is 2. The van der Waals surface area contributed by atoms with Gasteiger partial charge in [0.05, 0.1) is 0 Å². The standard InChI is InChI=1S/C18H24N2O8/c21-12-7-8-13(22)19(12)18(17(27)28,20-14(23)9-10-15(20)24)11-5-3-1-2-4-6-16(25)26/h7-10,21-24H,1-6,11H2,(H,25,26)(H,27,28). The molecule has 0 saturated carbocycles. The Morgan fingerprint density at radius 3 is 1.50 bits per heavy atom. The Labute approximate surface area is 160 Å². The van der Waals surface area contributed by atoms with Gasteiger partial charge in [-0.3, -0.25) is 4.79 Å². The molecule has 0 saturated heterocycles. The van der Waals surface area contributed by atoms with Crippen LogP contribution in [0.15, 0.2) is 24.3 Å². The minimum absolute atomic E-state index is 0.0648. The molecule has 0 fully saturated rings. The molecule has 0 aromatic carbocycles. The lowest BCUT2D eigenvalue weighted by atomic mass is 9.99. The van der Waals surface area contributed by atoms with Gasteiger partial charge < -0.3 is 30.6 Å². The summed E-state index contributed by atoms with van der Waals surface area (Å²) in [4.78, 5) is 22.8. The molecule has 10 heteroatoms. The van der Waals surface area contributed by atoms with Gasteiger partial charge in [-0.05, 0) is 12.8 Å². The van der Waals surface area contributed by atoms with Crippen LogP contribution in [0.5, 0.6) is 23.5 Å². The maximum Gasteiger partial charge on any atom is 0.351 e. The molecule has 2 aromatic rings. The highest BCUT2D eigenvalue weighted by molar-refractivity contribution is 5.78. The maximum absolute atomic E-state index is 12.3. The van der Waals surface area contributed by atoms with E-state index in [2.05, 4.69) is 0 Å². The molecule has 0 bridgehead atoms. The van der Waals surface area contributed by atoms with Crippen LogP contribution in [-0.2, 0) is 15.3 Å². The van der Waals surface area contributed by atoms with Gasteiger partial charge >= 0.3 is 11.9 Å². The minimum atomic E-state index is -2.20. The van der Waals surface area contributed by atoms with Gasteiger partial charge in [-0.1, -0.05) is 19.3 Å². The molecule has 0 amide bonds. The minimum Gasteiger partial charge on any atom is -0.494 e. The van der Waals surface area contributed by atoms with Gasteiger partial charge in [0.1, 0.15) is 0 Å². The summed E-state index contributed by atoms with van der Waals surface area (Å²) in [5, 5.41) is 59.2. The predicted octanol–water partition coefficient (Wildman–Crippen LogP) is 2.21. The van der Waals surface area contributed by atoms with Crippen molar-refractivity contribution in [2.24, 2.45) is 0 Å². The van der Waals surface area contributed by atoms with Gasteiger partial charge in [-0.2, -0.15) is 0 Å². The summed E-state index contributed by atoms with van der Waals surface area (Å²) in [6.45, 7) is 0. The van der Waals surface area contributed by atoms with Crippen molar-refractivity contribution in [3.8, 4) is 23.5 Å². The summed E-state index contributed by atoms with van der Waals surface area (Å²) in [7, 11) is 0. The number of nitrogens with zero attached hydrogens (tertiary/aromatic N) is 2. The molecule has 154 valence electrons. The van der Waals surface area contributed by atoms with Crippen molar-refractivity contribution < 1.29 is 40.2 Å². The van der Waals surface area contributed by atoms with E-state index in [-0.39, 0.29) is 12.8 Å². The summed E-state index contributed by atoms with van der Waals surface area (Å²) < 4.78 is 1.47. The second kappa shape index (κ2) is 8.59. The van der Waals surface area contributed by atoms with Crippen LogP contribution in [0.25, 0.3) is 0 Å². The van der Waals surface area contributed by atoms with E-state index in [0.717, 1.165) is 33.4 Å². The Morgan fingerprint density at radius 1 is 0.714 bits per heavy atom. The van der Waals surface area contributed by atoms with Crippen molar-refractivity contribution in [2.45, 2.75) is 50.6 Å². The first-order chi connectivity index (χ1) is 13.2. The molecule has 0 spiro atoms. The van der Waals surface area contributed by atoms with Gasteiger partial charge in [0.25, 0.3) is 0 Å². The lowest BCUT2D eigenvalue weighted by Crippen LogP contribution is -2.47. The monoisotopic (exact) mass is 396 g/mol. The Kier molecular flexibility index (Phi) is 6.45. The maximum atomic E-state index is 12.3. The highest BCUT2D eigenvalue weighted by Crippen LogP contribution is 2.41. The number of carboxylic acids is 2. The molecular weight excluding hydrogens is 372 g/mol. The van der Waals surface area contributed by atoms with E-state index in [1.54, 1.807) is 0 Å². The lowest BCUT2D eigenvalue weighted by molar-refractivity contribution is -0.151. The van der Waals surface area contributed by atoms with Gasteiger partial charge in [-0.25, -0.2) is 13.9 Å². The molecule has 0 aliphatic rings. The first-order valence-corrected chi connectivity index (χ1v) is 8.87. The van der Waals surface area contributed by atoms with Crippen molar-refractivity contribution in [1.29, 1.82) is 0 Å². The highest BCUT2D eigenvalue weighted by atomic mass is 16.4. The molecule has 0 aliphatic carbocycles. The molecule has 2 heterocycles. The predicted molar refractivity (Wildman–Crippen MR) is 96.5 cm³/mol. The van der Waals surface area contributed by atoms with Crippen molar-refractivity contribution in [3.05, 3.63) is 24.3 Å². The molecule has 6 N–H and O–H groups in total. The van der Waals surface area contributed by atoms with Crippen molar-refractivity contribution >= 4 is 11.9 Å². The smallest absolute Gasteiger partial charge is 0.351 e. The van der Waals surface area contributed by atoms with Crippen molar-refractivity contribution in [1.82, 2.24) is 9.13 Å². The van der Waals surface area contributed by atoms with Crippen LogP contribution in [0.1, 0.15) is 44.9 Å². The Balaban J connectivity index is 2.30. The summed E-state index contributed by atoms with van der Waals surface area (Å²) in [6.07, 6.45) is 2.61. The van der Waals surface area contributed by atoms with E-state index in [9.17, 15) is 35.1 Å². The average Bonchev–Trinajstić information content (AvgIpc) is 3.13. The number of unbranched alkanes of at least 4 members (excludes halogenated alkanes) is 4. The zero-order chi connectivity index (χ0) is 20.9. The molecule has 0 atom stereocenters. The first kappa shape index (κ1) is 21.0. The third-order valence-electron chi connectivity index (χ3n) is 4.68. The largest absolute Gasteiger partial charge is 0.494 e. The topological polar surface area (TPSA) is 165 Å². The summed E-state index contributed by atoms with van der Waals surface area (Å²) >= 11 is 0. The average molecular weight is 396 g/mol. The third-order valence-corrected chi connectivity index (χ3v) is 4.68. The van der Waals surface area contributed by atoms with E-state index in [1.807, 2.05) is 0 Å². The number of hydrogen-bond acceptors (Lipinski definition) is 6. The van der Waals surface area contributed by atoms with E-state index in [0.29, 0.717) is 32.1 Å². The first-order valence-electron chi connectivity index (χ1n) is 8.87. The summed E-state index contributed by atoms with van der Waals surface area (Å²) in [5.41, 5.74) is -2.20. The zero-order valence-electron chi connectivity index (χ0n) is 15.2. The number of aliphatic carboxylic acids is 2. The van der Waals surface area contributed by atoms with E-state index >= 15 is 0 Å². The van der Waals surface area contributed by atoms with Gasteiger partial charge in [0, 0.05) is 37.1 Å². The summed E-state index contributed by atoms with van der Waals surface area (Å²) in [5.74, 6) is -4.56. The number of aromatic hydroxyl groups is 4. The van der Waals surface area contributed by atoms with E-state index < -0.39 is 41.1 Å². The van der Waals surface area contributed by atoms with Crippen LogP contribution < -0.4 is 0 Å². The van der Waals surface area contributed by atoms with Crippen LogP contribution in [-0.4, -0.2) is 51.7 Å². The molecular formula is C18H24N2O8. The Hall–Kier alpha value is -3.30. The molecule has 10 nitrogen and oxygen atoms in total. The van der Waals surface area contributed by atoms with Gasteiger partial charge in [-0.15, -0.1) is 0 Å². The molecule has 2 aromatic heterocycles. The van der Waals surface area contributed by atoms with Crippen LogP contribution in [0.3, 0.4) is 0 Å². The molecule has 0 radical (unpaired) electrons. The second-order valence-electron chi connectivity index (χ2n) is 6.55. The van der Waals surface area contributed by atoms with Crippen LogP contribution >= 0.6 is 0 Å². The molecule has 28 heavy (non-hydrogen) atoms. The van der Waals surface area contributed by atoms with Gasteiger partial charge in [0.2, 0.25) is 5.66 Å². The van der Waals surface area contributed by atoms with Gasteiger partial charge in [0.15, 0.2) is 23.5 Å². The lowest BCUT2D eigenvalue weighted by Gasteiger charge is -2.34. The quantitative estimate of drug-likeness (QED) is 0.315. The van der Waals surface area contributed by atoms with Crippen LogP contribution in [0, 0.1) is 0 Å². The highest BCUT2D eigenvalue weighted by Gasteiger charge is 2.47. The number of rotatable bonds is 11. The normalized spacial score (nSPS) is 11.6. The zero-order valence-corrected chi connectivity index (χ0v) is 15.2. The fourth-order valence-electron chi connectivity index (χ4n) is 3.39. The number of carbonyl (C=O) groups is 2. The molecule has 0 unspecified atom stereocenters. The molecule has 2 rings (SSSR count). The molecule has 0 aliphatic heterocycles. The third kappa shape index (κ3) is 4.00. The fourth-order valence-corrected chi connectivity index (χ4v) is 3.39. The summed E-state index contributed by atoms with van der Waals surface area (Å²) in [6, 6.07) is 4.43. The van der Waals surface area contributed by atoms with Crippen LogP contribution in [0.2, 0.25) is 0 Å². The van der Waals surface area contributed by atoms with Crippen LogP contribution in [0.4, 0.5) is 0 Å².